The molecule has 5 nitrogen and oxygen atoms in total. The third-order valence-electron chi connectivity index (χ3n) is 3.32. The summed E-state index contributed by atoms with van der Waals surface area (Å²) in [5, 5.41) is 6.53. The van der Waals surface area contributed by atoms with Crippen LogP contribution in [0.3, 0.4) is 0 Å². The molecule has 0 spiro atoms. The van der Waals surface area contributed by atoms with E-state index in [0.717, 1.165) is 17.8 Å². The van der Waals surface area contributed by atoms with Crippen molar-refractivity contribution in [3.8, 4) is 5.75 Å². The topological polar surface area (TPSA) is 63.6 Å². The first kappa shape index (κ1) is 19.1. The van der Waals surface area contributed by atoms with Crippen molar-refractivity contribution in [2.75, 3.05) is 5.43 Å². The zero-order valence-electron chi connectivity index (χ0n) is 13.9. The summed E-state index contributed by atoms with van der Waals surface area (Å²) in [4.78, 5) is 16.4. The van der Waals surface area contributed by atoms with Crippen LogP contribution in [0.25, 0.3) is 0 Å². The number of thiazole rings is 1. The van der Waals surface area contributed by atoms with Crippen LogP contribution in [0.4, 0.5) is 13.9 Å². The molecule has 0 saturated carbocycles. The van der Waals surface area contributed by atoms with Gasteiger partial charge in [-0.05, 0) is 37.3 Å². The van der Waals surface area contributed by atoms with Gasteiger partial charge in [-0.2, -0.15) is 5.10 Å². The quantitative estimate of drug-likeness (QED) is 0.252. The van der Waals surface area contributed by atoms with E-state index in [9.17, 15) is 13.6 Å². The number of nitrogens with zero attached hydrogens (tertiary/aromatic N) is 2. The molecule has 9 heteroatoms. The van der Waals surface area contributed by atoms with Gasteiger partial charge in [-0.25, -0.2) is 18.6 Å². The minimum Gasteiger partial charge on any atom is -0.422 e. The molecule has 0 bridgehead atoms. The van der Waals surface area contributed by atoms with Crippen molar-refractivity contribution in [3.63, 3.8) is 0 Å². The first-order valence-electron chi connectivity index (χ1n) is 7.61. The number of anilines is 1. The number of carbonyl (C=O) groups excluding carboxylic acids is 1. The number of ether oxygens (including phenoxy) is 1. The van der Waals surface area contributed by atoms with E-state index < -0.39 is 23.2 Å². The van der Waals surface area contributed by atoms with Gasteiger partial charge in [0.15, 0.2) is 0 Å². The minimum absolute atomic E-state index is 0.103. The third-order valence-corrected chi connectivity index (χ3v) is 4.68. The van der Waals surface area contributed by atoms with E-state index in [0.29, 0.717) is 15.2 Å². The third kappa shape index (κ3) is 4.75. The van der Waals surface area contributed by atoms with Crippen molar-refractivity contribution in [3.05, 3.63) is 74.7 Å². The summed E-state index contributed by atoms with van der Waals surface area (Å²) in [6.45, 7) is 1.86. The number of aromatic nitrogens is 1. The van der Waals surface area contributed by atoms with Crippen LogP contribution in [0, 0.1) is 18.6 Å². The summed E-state index contributed by atoms with van der Waals surface area (Å²) in [7, 11) is 0. The second kappa shape index (κ2) is 8.36. The van der Waals surface area contributed by atoms with Crippen LogP contribution in [-0.4, -0.2) is 17.2 Å². The van der Waals surface area contributed by atoms with Crippen molar-refractivity contribution >= 4 is 44.6 Å². The number of aryl methyl sites for hydroxylation is 1. The number of hydrogen-bond acceptors (Lipinski definition) is 6. The van der Waals surface area contributed by atoms with Crippen LogP contribution in [0.15, 0.2) is 51.4 Å². The highest BCUT2D eigenvalue weighted by Gasteiger charge is 2.20. The van der Waals surface area contributed by atoms with Gasteiger partial charge in [-0.1, -0.05) is 22.0 Å². The zero-order valence-corrected chi connectivity index (χ0v) is 16.3. The highest BCUT2D eigenvalue weighted by atomic mass is 79.9. The van der Waals surface area contributed by atoms with Crippen LogP contribution in [0.5, 0.6) is 5.75 Å². The molecule has 0 amide bonds. The summed E-state index contributed by atoms with van der Waals surface area (Å²) in [6.07, 6.45) is 1.42. The molecule has 0 unspecified atom stereocenters. The van der Waals surface area contributed by atoms with Crippen molar-refractivity contribution in [1.29, 1.82) is 0 Å². The molecule has 0 atom stereocenters. The molecule has 0 aliphatic rings. The summed E-state index contributed by atoms with van der Waals surface area (Å²) < 4.78 is 33.4. The lowest BCUT2D eigenvalue weighted by Crippen LogP contribution is -2.14. The van der Waals surface area contributed by atoms with E-state index in [1.54, 1.807) is 12.1 Å². The Morgan fingerprint density at radius 1 is 1.30 bits per heavy atom. The molecule has 1 aromatic heterocycles. The maximum Gasteiger partial charge on any atom is 0.349 e. The molecule has 1 heterocycles. The fourth-order valence-corrected chi connectivity index (χ4v) is 3.14. The molecule has 1 N–H and O–H groups in total. The Morgan fingerprint density at radius 3 is 2.70 bits per heavy atom. The second-order valence-electron chi connectivity index (χ2n) is 5.33. The van der Waals surface area contributed by atoms with Crippen molar-refractivity contribution in [2.24, 2.45) is 5.10 Å². The number of hydrazone groups is 1. The monoisotopic (exact) mass is 451 g/mol. The van der Waals surface area contributed by atoms with Gasteiger partial charge in [-0.3, -0.25) is 5.43 Å². The summed E-state index contributed by atoms with van der Waals surface area (Å²) in [5.41, 5.74) is 3.30. The van der Waals surface area contributed by atoms with Gasteiger partial charge in [0, 0.05) is 15.4 Å². The standard InChI is InChI=1S/C18H12BrF2N3O2S/c1-10-9-27-18(23-10)24-22-8-11-7-12(19)5-6-15(11)26-17(25)16-13(20)3-2-4-14(16)21/h2-9H,1H3,(H,23,24). The Morgan fingerprint density at radius 2 is 2.04 bits per heavy atom. The van der Waals surface area contributed by atoms with Gasteiger partial charge in [0.25, 0.3) is 0 Å². The minimum atomic E-state index is -1.13. The molecule has 27 heavy (non-hydrogen) atoms. The SMILES string of the molecule is Cc1csc(NN=Cc2cc(Br)ccc2OC(=O)c2c(F)cccc2F)n1. The van der Waals surface area contributed by atoms with Crippen LogP contribution in [0.2, 0.25) is 0 Å². The number of rotatable bonds is 5. The Kier molecular flexibility index (Phi) is 5.92. The molecular weight excluding hydrogens is 440 g/mol. The molecular formula is C18H12BrF2N3O2S. The smallest absolute Gasteiger partial charge is 0.349 e. The first-order chi connectivity index (χ1) is 12.9. The number of halogens is 3. The lowest BCUT2D eigenvalue weighted by atomic mass is 10.2. The van der Waals surface area contributed by atoms with E-state index in [1.165, 1.54) is 29.7 Å². The predicted octanol–water partition coefficient (Wildman–Crippen LogP) is 5.16. The first-order valence-corrected chi connectivity index (χ1v) is 9.28. The van der Waals surface area contributed by atoms with Crippen molar-refractivity contribution in [2.45, 2.75) is 6.92 Å². The van der Waals surface area contributed by atoms with Gasteiger partial charge in [0.2, 0.25) is 5.13 Å². The fraction of sp³-hybridized carbons (Fsp3) is 0.0556. The summed E-state index contributed by atoms with van der Waals surface area (Å²) in [5.74, 6) is -3.01. The van der Waals surface area contributed by atoms with Crippen LogP contribution >= 0.6 is 27.3 Å². The fourth-order valence-electron chi connectivity index (χ4n) is 2.12. The van der Waals surface area contributed by atoms with E-state index in [-0.39, 0.29) is 5.75 Å². The van der Waals surface area contributed by atoms with Crippen LogP contribution in [0.1, 0.15) is 21.6 Å². The maximum atomic E-state index is 13.8. The molecule has 0 fully saturated rings. The van der Waals surface area contributed by atoms with Crippen LogP contribution in [-0.2, 0) is 0 Å². The largest absolute Gasteiger partial charge is 0.422 e. The summed E-state index contributed by atoms with van der Waals surface area (Å²) in [6, 6.07) is 7.93. The van der Waals surface area contributed by atoms with Gasteiger partial charge < -0.3 is 4.74 Å². The average Bonchev–Trinajstić information content (AvgIpc) is 3.02. The zero-order chi connectivity index (χ0) is 19.4. The van der Waals surface area contributed by atoms with Crippen LogP contribution < -0.4 is 10.2 Å². The highest BCUT2D eigenvalue weighted by Crippen LogP contribution is 2.24. The lowest BCUT2D eigenvalue weighted by Gasteiger charge is -2.09. The maximum absolute atomic E-state index is 13.8. The van der Waals surface area contributed by atoms with E-state index in [1.807, 2.05) is 12.3 Å². The van der Waals surface area contributed by atoms with Gasteiger partial charge in [-0.15, -0.1) is 11.3 Å². The average molecular weight is 452 g/mol. The Hall–Kier alpha value is -2.65. The summed E-state index contributed by atoms with van der Waals surface area (Å²) >= 11 is 4.71. The van der Waals surface area contributed by atoms with Gasteiger partial charge in [0.05, 0.1) is 11.9 Å². The number of esters is 1. The molecule has 0 aliphatic heterocycles. The predicted molar refractivity (Wildman–Crippen MR) is 104 cm³/mol. The lowest BCUT2D eigenvalue weighted by molar-refractivity contribution is 0.0724. The Balaban J connectivity index is 1.82. The number of nitrogens with one attached hydrogen (secondary N) is 1. The molecule has 0 saturated heterocycles. The molecule has 0 radical (unpaired) electrons. The number of carbonyl (C=O) groups is 1. The Labute approximate surface area is 165 Å². The van der Waals surface area contributed by atoms with Gasteiger partial charge >= 0.3 is 5.97 Å². The molecule has 3 rings (SSSR count). The van der Waals surface area contributed by atoms with Crippen molar-refractivity contribution < 1.29 is 18.3 Å². The normalized spacial score (nSPS) is 11.0. The second-order valence-corrected chi connectivity index (χ2v) is 7.11. The molecule has 2 aromatic carbocycles. The highest BCUT2D eigenvalue weighted by molar-refractivity contribution is 9.10. The number of benzene rings is 2. The van der Waals surface area contributed by atoms with Crippen molar-refractivity contribution in [1.82, 2.24) is 4.98 Å². The van der Waals surface area contributed by atoms with E-state index >= 15 is 0 Å². The Bertz CT molecular complexity index is 1000. The molecule has 138 valence electrons. The van der Waals surface area contributed by atoms with E-state index in [2.05, 4.69) is 31.4 Å². The van der Waals surface area contributed by atoms with E-state index in [4.69, 9.17) is 4.74 Å². The molecule has 3 aromatic rings. The molecule has 0 aliphatic carbocycles. The van der Waals surface area contributed by atoms with Gasteiger partial charge in [0.1, 0.15) is 22.9 Å². The number of hydrogen-bond donors (Lipinski definition) is 1.